The maximum absolute atomic E-state index is 2.73. The fraction of sp³-hybridized carbons (Fsp3) is 0.462. The number of aryl methyl sites for hydroxylation is 2. The SMILES string of the molecule is C(CCN1CCN2CCCCC2C1)=C1c2ccccc2CCc2ccccc21.Cl.Cl. The van der Waals surface area contributed by atoms with Crippen molar-refractivity contribution >= 4 is 30.4 Å². The first-order valence-electron chi connectivity index (χ1n) is 11.2. The molecule has 0 spiro atoms. The molecule has 0 radical (unpaired) electrons. The Kier molecular flexibility index (Phi) is 8.42. The summed E-state index contributed by atoms with van der Waals surface area (Å²) in [6, 6.07) is 18.9. The molecular formula is C26H34Cl2N2. The number of nitrogens with zero attached hydrogens (tertiary/aromatic N) is 2. The molecule has 3 aliphatic rings. The number of fused-ring (bicyclic) bond motifs is 3. The van der Waals surface area contributed by atoms with Crippen LogP contribution in [0.25, 0.3) is 5.57 Å². The van der Waals surface area contributed by atoms with Gasteiger partial charge in [0.15, 0.2) is 0 Å². The second kappa shape index (κ2) is 10.8. The minimum Gasteiger partial charge on any atom is -0.300 e. The smallest absolute Gasteiger partial charge is 0.0223 e. The Hall–Kier alpha value is -1.32. The van der Waals surface area contributed by atoms with Crippen LogP contribution >= 0.6 is 24.8 Å². The number of halogens is 2. The van der Waals surface area contributed by atoms with Crippen LogP contribution < -0.4 is 0 Å². The van der Waals surface area contributed by atoms with Crippen LogP contribution in [0.4, 0.5) is 0 Å². The van der Waals surface area contributed by atoms with Gasteiger partial charge in [0, 0.05) is 32.2 Å². The first-order chi connectivity index (χ1) is 13.9. The molecule has 0 aromatic heterocycles. The second-order valence-electron chi connectivity index (χ2n) is 8.71. The lowest BCUT2D eigenvalue weighted by Gasteiger charge is -2.44. The van der Waals surface area contributed by atoms with E-state index >= 15 is 0 Å². The van der Waals surface area contributed by atoms with E-state index in [1.54, 1.807) is 0 Å². The predicted octanol–water partition coefficient (Wildman–Crippen LogP) is 5.62. The summed E-state index contributed by atoms with van der Waals surface area (Å²) in [6.07, 6.45) is 10.2. The Labute approximate surface area is 194 Å². The van der Waals surface area contributed by atoms with Gasteiger partial charge in [0.05, 0.1) is 0 Å². The zero-order valence-corrected chi connectivity index (χ0v) is 19.4. The van der Waals surface area contributed by atoms with E-state index < -0.39 is 0 Å². The zero-order chi connectivity index (χ0) is 18.8. The van der Waals surface area contributed by atoms with E-state index in [1.807, 2.05) is 0 Å². The fourth-order valence-corrected chi connectivity index (χ4v) is 5.45. The summed E-state index contributed by atoms with van der Waals surface area (Å²) in [6.45, 7) is 6.31. The van der Waals surface area contributed by atoms with Gasteiger partial charge in [-0.3, -0.25) is 4.90 Å². The van der Waals surface area contributed by atoms with Gasteiger partial charge in [0.25, 0.3) is 0 Å². The normalized spacial score (nSPS) is 21.2. The van der Waals surface area contributed by atoms with Crippen LogP contribution in [-0.2, 0) is 12.8 Å². The molecule has 30 heavy (non-hydrogen) atoms. The van der Waals surface area contributed by atoms with Gasteiger partial charge in [0.2, 0.25) is 0 Å². The third kappa shape index (κ3) is 4.94. The molecule has 1 aliphatic carbocycles. The van der Waals surface area contributed by atoms with Crippen molar-refractivity contribution in [1.82, 2.24) is 9.80 Å². The third-order valence-corrected chi connectivity index (χ3v) is 6.99. The van der Waals surface area contributed by atoms with Gasteiger partial charge in [-0.25, -0.2) is 0 Å². The highest BCUT2D eigenvalue weighted by molar-refractivity contribution is 5.86. The molecular weight excluding hydrogens is 411 g/mol. The van der Waals surface area contributed by atoms with Gasteiger partial charge in [-0.05, 0) is 66.5 Å². The molecule has 2 aromatic rings. The molecule has 2 fully saturated rings. The fourth-order valence-electron chi connectivity index (χ4n) is 5.45. The van der Waals surface area contributed by atoms with Gasteiger partial charge < -0.3 is 4.90 Å². The predicted molar refractivity (Wildman–Crippen MR) is 132 cm³/mol. The van der Waals surface area contributed by atoms with E-state index in [-0.39, 0.29) is 24.8 Å². The van der Waals surface area contributed by atoms with E-state index in [4.69, 9.17) is 0 Å². The Morgan fingerprint density at radius 3 is 2.17 bits per heavy atom. The van der Waals surface area contributed by atoms with Crippen molar-refractivity contribution in [3.8, 4) is 0 Å². The van der Waals surface area contributed by atoms with Crippen molar-refractivity contribution in [3.05, 3.63) is 76.9 Å². The zero-order valence-electron chi connectivity index (χ0n) is 17.8. The standard InChI is InChI=1S/C26H32N2.2ClH/c1-3-11-24-21(8-1)14-15-22-9-2-4-12-25(22)26(24)13-7-16-27-18-19-28-17-6-5-10-23(28)20-27;;/h1-4,8-9,11-13,23H,5-7,10,14-20H2;2*1H. The average molecular weight is 445 g/mol. The molecule has 162 valence electrons. The van der Waals surface area contributed by atoms with Crippen molar-refractivity contribution in [1.29, 1.82) is 0 Å². The molecule has 1 unspecified atom stereocenters. The maximum Gasteiger partial charge on any atom is 0.0223 e. The maximum atomic E-state index is 2.73. The van der Waals surface area contributed by atoms with Crippen molar-refractivity contribution < 1.29 is 0 Å². The van der Waals surface area contributed by atoms with Crippen LogP contribution in [0, 0.1) is 0 Å². The van der Waals surface area contributed by atoms with E-state index in [0.717, 1.165) is 25.3 Å². The van der Waals surface area contributed by atoms with E-state index in [1.165, 1.54) is 79.8 Å². The summed E-state index contributed by atoms with van der Waals surface area (Å²) in [4.78, 5) is 5.44. The largest absolute Gasteiger partial charge is 0.300 e. The average Bonchev–Trinajstić information content (AvgIpc) is 2.91. The van der Waals surface area contributed by atoms with E-state index in [0.29, 0.717) is 0 Å². The Morgan fingerprint density at radius 1 is 0.800 bits per heavy atom. The minimum absolute atomic E-state index is 0. The van der Waals surface area contributed by atoms with Crippen molar-refractivity contribution in [2.45, 2.75) is 44.6 Å². The van der Waals surface area contributed by atoms with Crippen LogP contribution in [0.2, 0.25) is 0 Å². The second-order valence-corrected chi connectivity index (χ2v) is 8.71. The van der Waals surface area contributed by atoms with Gasteiger partial charge in [-0.15, -0.1) is 24.8 Å². The number of rotatable bonds is 3. The van der Waals surface area contributed by atoms with Crippen molar-refractivity contribution in [2.24, 2.45) is 0 Å². The molecule has 2 saturated heterocycles. The third-order valence-electron chi connectivity index (χ3n) is 6.99. The van der Waals surface area contributed by atoms with Gasteiger partial charge in [0.1, 0.15) is 0 Å². The topological polar surface area (TPSA) is 6.48 Å². The van der Waals surface area contributed by atoms with Crippen LogP contribution in [0.1, 0.15) is 47.9 Å². The quantitative estimate of drug-likeness (QED) is 0.605. The monoisotopic (exact) mass is 444 g/mol. The molecule has 4 heteroatoms. The number of hydrogen-bond donors (Lipinski definition) is 0. The molecule has 2 heterocycles. The molecule has 0 amide bonds. The molecule has 0 N–H and O–H groups in total. The molecule has 2 aliphatic heterocycles. The van der Waals surface area contributed by atoms with Gasteiger partial charge in [-0.1, -0.05) is 61.0 Å². The van der Waals surface area contributed by atoms with Crippen molar-refractivity contribution in [2.75, 3.05) is 32.7 Å². The van der Waals surface area contributed by atoms with E-state index in [9.17, 15) is 0 Å². The summed E-state index contributed by atoms with van der Waals surface area (Å²) in [5, 5.41) is 0. The summed E-state index contributed by atoms with van der Waals surface area (Å²) in [7, 11) is 0. The Balaban J connectivity index is 0.00000128. The summed E-state index contributed by atoms with van der Waals surface area (Å²) in [5.74, 6) is 0. The van der Waals surface area contributed by atoms with Crippen LogP contribution in [0.5, 0.6) is 0 Å². The lowest BCUT2D eigenvalue weighted by Crippen LogP contribution is -2.54. The minimum atomic E-state index is 0. The molecule has 2 aromatic carbocycles. The number of piperidine rings is 1. The molecule has 5 rings (SSSR count). The molecule has 0 bridgehead atoms. The highest BCUT2D eigenvalue weighted by atomic mass is 35.5. The number of hydrogen-bond acceptors (Lipinski definition) is 2. The van der Waals surface area contributed by atoms with Gasteiger partial charge >= 0.3 is 0 Å². The molecule has 2 nitrogen and oxygen atoms in total. The lowest BCUT2D eigenvalue weighted by molar-refractivity contribution is 0.0503. The summed E-state index contributed by atoms with van der Waals surface area (Å²) < 4.78 is 0. The van der Waals surface area contributed by atoms with Crippen LogP contribution in [0.15, 0.2) is 54.6 Å². The molecule has 1 atom stereocenters. The first-order valence-corrected chi connectivity index (χ1v) is 11.2. The van der Waals surface area contributed by atoms with E-state index in [2.05, 4.69) is 64.4 Å². The highest BCUT2D eigenvalue weighted by Crippen LogP contribution is 2.33. The molecule has 0 saturated carbocycles. The first kappa shape index (κ1) is 23.3. The lowest BCUT2D eigenvalue weighted by atomic mass is 9.93. The number of benzene rings is 2. The van der Waals surface area contributed by atoms with Crippen molar-refractivity contribution in [3.63, 3.8) is 0 Å². The Bertz CT molecular complexity index is 814. The van der Waals surface area contributed by atoms with Crippen LogP contribution in [-0.4, -0.2) is 48.6 Å². The highest BCUT2D eigenvalue weighted by Gasteiger charge is 2.28. The summed E-state index contributed by atoms with van der Waals surface area (Å²) >= 11 is 0. The Morgan fingerprint density at radius 2 is 1.47 bits per heavy atom. The van der Waals surface area contributed by atoms with Gasteiger partial charge in [-0.2, -0.15) is 0 Å². The van der Waals surface area contributed by atoms with Crippen LogP contribution in [0.3, 0.4) is 0 Å². The number of piperazine rings is 1. The summed E-state index contributed by atoms with van der Waals surface area (Å²) in [5.41, 5.74) is 7.36.